The van der Waals surface area contributed by atoms with Gasteiger partial charge in [0.05, 0.1) is 11.0 Å². The number of nitrogens with zero attached hydrogens (tertiary/aromatic N) is 2. The Labute approximate surface area is 179 Å². The number of unbranched alkanes of at least 4 members (excludes halogenated alkanes) is 1. The number of hydrogen-bond acceptors (Lipinski definition) is 2. The molecule has 1 N–H and O–H groups in total. The lowest BCUT2D eigenvalue weighted by molar-refractivity contribution is 0.795. The molecule has 0 atom stereocenters. The summed E-state index contributed by atoms with van der Waals surface area (Å²) in [7, 11) is 0. The maximum absolute atomic E-state index is 4.64. The van der Waals surface area contributed by atoms with Crippen LogP contribution in [0.25, 0.3) is 16.7 Å². The predicted octanol–water partition coefficient (Wildman–Crippen LogP) is 7.10. The molecule has 0 aliphatic heterocycles. The van der Waals surface area contributed by atoms with Crippen molar-refractivity contribution in [1.82, 2.24) is 9.55 Å². The standard InChI is InChI=1S/C27H31N3/c1-4-5-6-21-9-14-25(15-10-21)30-19-29-26-17-24(13-16-27(26)30)28-18-22-7-11-23(12-8-22)20(2)3/h7-17,19-20,28H,4-6,18H2,1-3H3. The molecule has 0 aliphatic carbocycles. The number of nitrogens with one attached hydrogen (secondary N) is 1. The number of aryl methyl sites for hydroxylation is 1. The number of anilines is 1. The average Bonchev–Trinajstić information content (AvgIpc) is 3.20. The molecule has 3 aromatic carbocycles. The third-order valence-corrected chi connectivity index (χ3v) is 5.72. The smallest absolute Gasteiger partial charge is 0.100 e. The molecule has 0 unspecified atom stereocenters. The van der Waals surface area contributed by atoms with Gasteiger partial charge >= 0.3 is 0 Å². The maximum atomic E-state index is 4.64. The van der Waals surface area contributed by atoms with Crippen molar-refractivity contribution in [1.29, 1.82) is 0 Å². The van der Waals surface area contributed by atoms with Gasteiger partial charge in [-0.3, -0.25) is 4.57 Å². The van der Waals surface area contributed by atoms with Crippen molar-refractivity contribution in [2.75, 3.05) is 5.32 Å². The fraction of sp³-hybridized carbons (Fsp3) is 0.296. The van der Waals surface area contributed by atoms with E-state index in [1.54, 1.807) is 0 Å². The van der Waals surface area contributed by atoms with Crippen molar-refractivity contribution in [2.24, 2.45) is 0 Å². The second kappa shape index (κ2) is 9.17. The van der Waals surface area contributed by atoms with Crippen molar-refractivity contribution >= 4 is 16.7 Å². The van der Waals surface area contributed by atoms with E-state index < -0.39 is 0 Å². The molecule has 1 aromatic heterocycles. The van der Waals surface area contributed by atoms with Crippen LogP contribution in [0.5, 0.6) is 0 Å². The van der Waals surface area contributed by atoms with E-state index >= 15 is 0 Å². The topological polar surface area (TPSA) is 29.9 Å². The van der Waals surface area contributed by atoms with Crippen molar-refractivity contribution in [2.45, 2.75) is 52.5 Å². The normalized spacial score (nSPS) is 11.3. The first-order valence-electron chi connectivity index (χ1n) is 11.0. The Bertz CT molecular complexity index is 1090. The lowest BCUT2D eigenvalue weighted by atomic mass is 10.0. The number of aromatic nitrogens is 2. The average molecular weight is 398 g/mol. The Morgan fingerprint density at radius 3 is 2.33 bits per heavy atom. The number of fused-ring (bicyclic) bond motifs is 1. The van der Waals surface area contributed by atoms with Crippen LogP contribution in [0.15, 0.2) is 73.1 Å². The largest absolute Gasteiger partial charge is 0.381 e. The van der Waals surface area contributed by atoms with Gasteiger partial charge < -0.3 is 5.32 Å². The highest BCUT2D eigenvalue weighted by molar-refractivity contribution is 5.81. The summed E-state index contributed by atoms with van der Waals surface area (Å²) < 4.78 is 2.16. The van der Waals surface area contributed by atoms with Gasteiger partial charge in [-0.25, -0.2) is 4.98 Å². The van der Waals surface area contributed by atoms with Crippen LogP contribution in [0.3, 0.4) is 0 Å². The van der Waals surface area contributed by atoms with Crippen LogP contribution in [0.2, 0.25) is 0 Å². The third kappa shape index (κ3) is 4.56. The van der Waals surface area contributed by atoms with Crippen molar-refractivity contribution in [3.63, 3.8) is 0 Å². The molecule has 1 heterocycles. The second-order valence-corrected chi connectivity index (χ2v) is 8.34. The zero-order valence-corrected chi connectivity index (χ0v) is 18.2. The molecule has 3 heteroatoms. The summed E-state index contributed by atoms with van der Waals surface area (Å²) in [6.07, 6.45) is 5.54. The summed E-state index contributed by atoms with van der Waals surface area (Å²) in [5, 5.41) is 3.53. The Morgan fingerprint density at radius 1 is 0.900 bits per heavy atom. The molecule has 0 fully saturated rings. The molecule has 0 radical (unpaired) electrons. The third-order valence-electron chi connectivity index (χ3n) is 5.72. The van der Waals surface area contributed by atoms with E-state index in [0.29, 0.717) is 5.92 Å². The van der Waals surface area contributed by atoms with E-state index in [1.165, 1.54) is 29.5 Å². The highest BCUT2D eigenvalue weighted by Gasteiger charge is 2.06. The van der Waals surface area contributed by atoms with E-state index in [0.717, 1.165) is 35.4 Å². The summed E-state index contributed by atoms with van der Waals surface area (Å²) >= 11 is 0. The first-order valence-corrected chi connectivity index (χ1v) is 11.0. The number of benzene rings is 3. The molecule has 0 aliphatic rings. The lowest BCUT2D eigenvalue weighted by Crippen LogP contribution is -2.00. The zero-order chi connectivity index (χ0) is 20.9. The summed E-state index contributed by atoms with van der Waals surface area (Å²) in [6, 6.07) is 24.1. The number of hydrogen-bond donors (Lipinski definition) is 1. The molecule has 3 nitrogen and oxygen atoms in total. The van der Waals surface area contributed by atoms with E-state index in [1.807, 2.05) is 6.33 Å². The molecule has 154 valence electrons. The van der Waals surface area contributed by atoms with Crippen LogP contribution >= 0.6 is 0 Å². The Hall–Kier alpha value is -3.07. The molecule has 0 saturated heterocycles. The highest BCUT2D eigenvalue weighted by atomic mass is 15.0. The monoisotopic (exact) mass is 397 g/mol. The summed E-state index contributed by atoms with van der Waals surface area (Å²) in [5.41, 5.74) is 8.45. The number of imidazole rings is 1. The fourth-order valence-corrected chi connectivity index (χ4v) is 3.76. The van der Waals surface area contributed by atoms with Crippen LogP contribution in [0, 0.1) is 0 Å². The quantitative estimate of drug-likeness (QED) is 0.343. The van der Waals surface area contributed by atoms with Gasteiger partial charge in [-0.05, 0) is 65.8 Å². The van der Waals surface area contributed by atoms with Gasteiger partial charge in [0.25, 0.3) is 0 Å². The molecule has 4 aromatic rings. The van der Waals surface area contributed by atoms with Gasteiger partial charge in [0.2, 0.25) is 0 Å². The molecule has 0 amide bonds. The Morgan fingerprint density at radius 2 is 1.63 bits per heavy atom. The van der Waals surface area contributed by atoms with Crippen molar-refractivity contribution in [3.8, 4) is 5.69 Å². The predicted molar refractivity (Wildman–Crippen MR) is 128 cm³/mol. The molecular formula is C27H31N3. The van der Waals surface area contributed by atoms with Gasteiger partial charge in [0.1, 0.15) is 6.33 Å². The summed E-state index contributed by atoms with van der Waals surface area (Å²) in [4.78, 5) is 4.64. The second-order valence-electron chi connectivity index (χ2n) is 8.34. The fourth-order valence-electron chi connectivity index (χ4n) is 3.76. The van der Waals surface area contributed by atoms with Crippen LogP contribution in [-0.4, -0.2) is 9.55 Å². The molecule has 0 saturated carbocycles. The Kier molecular flexibility index (Phi) is 6.18. The van der Waals surface area contributed by atoms with Crippen molar-refractivity contribution < 1.29 is 0 Å². The summed E-state index contributed by atoms with van der Waals surface area (Å²) in [5.74, 6) is 0.567. The van der Waals surface area contributed by atoms with E-state index in [2.05, 4.69) is 102 Å². The van der Waals surface area contributed by atoms with Gasteiger partial charge in [0, 0.05) is 17.9 Å². The zero-order valence-electron chi connectivity index (χ0n) is 18.2. The lowest BCUT2D eigenvalue weighted by Gasteiger charge is -2.10. The van der Waals surface area contributed by atoms with Crippen LogP contribution in [0.1, 0.15) is 56.2 Å². The van der Waals surface area contributed by atoms with Gasteiger partial charge in [-0.2, -0.15) is 0 Å². The molecule has 0 bridgehead atoms. The Balaban J connectivity index is 1.46. The van der Waals surface area contributed by atoms with Gasteiger partial charge in [-0.15, -0.1) is 0 Å². The molecule has 30 heavy (non-hydrogen) atoms. The summed E-state index contributed by atoms with van der Waals surface area (Å²) in [6.45, 7) is 7.49. The van der Waals surface area contributed by atoms with Crippen LogP contribution < -0.4 is 5.32 Å². The van der Waals surface area contributed by atoms with E-state index in [-0.39, 0.29) is 0 Å². The van der Waals surface area contributed by atoms with E-state index in [9.17, 15) is 0 Å². The van der Waals surface area contributed by atoms with E-state index in [4.69, 9.17) is 0 Å². The maximum Gasteiger partial charge on any atom is 0.100 e. The first-order chi connectivity index (χ1) is 14.6. The van der Waals surface area contributed by atoms with Crippen molar-refractivity contribution in [3.05, 3.63) is 89.7 Å². The van der Waals surface area contributed by atoms with Crippen LogP contribution in [-0.2, 0) is 13.0 Å². The first kappa shape index (κ1) is 20.2. The minimum Gasteiger partial charge on any atom is -0.381 e. The molecule has 4 rings (SSSR count). The number of rotatable bonds is 8. The molecular weight excluding hydrogens is 366 g/mol. The van der Waals surface area contributed by atoms with Crippen LogP contribution in [0.4, 0.5) is 5.69 Å². The minimum absolute atomic E-state index is 0.567. The van der Waals surface area contributed by atoms with Gasteiger partial charge in [-0.1, -0.05) is 63.6 Å². The minimum atomic E-state index is 0.567. The van der Waals surface area contributed by atoms with Gasteiger partial charge in [0.15, 0.2) is 0 Å². The highest BCUT2D eigenvalue weighted by Crippen LogP contribution is 2.23. The molecule has 0 spiro atoms. The SMILES string of the molecule is CCCCc1ccc(-n2cnc3cc(NCc4ccc(C(C)C)cc4)ccc32)cc1.